The van der Waals surface area contributed by atoms with Gasteiger partial charge >= 0.3 is 0 Å². The molecule has 0 fully saturated rings. The number of benzene rings is 5. The molecule has 5 rings (SSSR count). The van der Waals surface area contributed by atoms with Crippen molar-refractivity contribution in [3.63, 3.8) is 0 Å². The maximum Gasteiger partial charge on any atom is 0.221 e. The molecule has 0 N–H and O–H groups in total. The summed E-state index contributed by atoms with van der Waals surface area (Å²) >= 11 is 1.74. The summed E-state index contributed by atoms with van der Waals surface area (Å²) < 4.78 is 12.1. The van der Waals surface area contributed by atoms with Crippen molar-refractivity contribution >= 4 is 22.7 Å². The third kappa shape index (κ3) is 5.53. The van der Waals surface area contributed by atoms with Crippen LogP contribution in [0.25, 0.3) is 0 Å². The molecule has 0 radical (unpaired) electrons. The average Bonchev–Trinajstić information content (AvgIpc) is 2.97. The van der Waals surface area contributed by atoms with Crippen LogP contribution in [0.3, 0.4) is 0 Å². The van der Waals surface area contributed by atoms with E-state index in [9.17, 15) is 0 Å². The Kier molecular flexibility index (Phi) is 8.12. The van der Waals surface area contributed by atoms with Gasteiger partial charge in [-0.25, -0.2) is 0 Å². The van der Waals surface area contributed by atoms with Crippen molar-refractivity contribution in [2.24, 2.45) is 0 Å². The van der Waals surface area contributed by atoms with Gasteiger partial charge in [-0.05, 0) is 72.8 Å². The number of hydrogen-bond acceptors (Lipinski definition) is 3. The average molecular weight is 522 g/mol. The van der Waals surface area contributed by atoms with E-state index in [4.69, 9.17) is 9.47 Å². The van der Waals surface area contributed by atoms with Crippen LogP contribution in [0.5, 0.6) is 0 Å². The Morgan fingerprint density at radius 3 is 1.30 bits per heavy atom. The van der Waals surface area contributed by atoms with Crippen molar-refractivity contribution in [3.8, 4) is 0 Å². The fourth-order valence-corrected chi connectivity index (χ4v) is 7.34. The van der Waals surface area contributed by atoms with Crippen molar-refractivity contribution in [2.75, 3.05) is 14.2 Å². The molecule has 37 heavy (non-hydrogen) atoms. The highest BCUT2D eigenvalue weighted by Gasteiger charge is 2.36. The molecule has 0 aliphatic heterocycles. The van der Waals surface area contributed by atoms with Gasteiger partial charge in [0.1, 0.15) is 0 Å². The molecule has 2 nitrogen and oxygen atoms in total. The van der Waals surface area contributed by atoms with Gasteiger partial charge in [0.2, 0.25) is 5.79 Å². The van der Waals surface area contributed by atoms with E-state index in [1.165, 1.54) is 24.5 Å². The molecular weight excluding hydrogens is 492 g/mol. The third-order valence-corrected chi connectivity index (χ3v) is 9.46. The molecule has 0 saturated carbocycles. The summed E-state index contributed by atoms with van der Waals surface area (Å²) in [5.41, 5.74) is 1.90. The first-order chi connectivity index (χ1) is 18.2. The predicted molar refractivity (Wildman–Crippen MR) is 153 cm³/mol. The van der Waals surface area contributed by atoms with Gasteiger partial charge in [-0.15, -0.1) is 0 Å². The molecule has 0 aliphatic carbocycles. The summed E-state index contributed by atoms with van der Waals surface area (Å²) in [5, 5.41) is 0. The van der Waals surface area contributed by atoms with Gasteiger partial charge in [0, 0.05) is 35.1 Å². The van der Waals surface area contributed by atoms with Crippen LogP contribution in [-0.2, 0) is 26.2 Å². The normalized spacial score (nSPS) is 11.5. The summed E-state index contributed by atoms with van der Waals surface area (Å²) in [6.45, 7) is 0. The van der Waals surface area contributed by atoms with E-state index in [-0.39, 0.29) is 10.9 Å². The Morgan fingerprint density at radius 1 is 0.459 bits per heavy atom. The van der Waals surface area contributed by atoms with Crippen LogP contribution in [0.1, 0.15) is 11.1 Å². The van der Waals surface area contributed by atoms with Crippen LogP contribution in [0.15, 0.2) is 164 Å². The lowest BCUT2D eigenvalue weighted by molar-refractivity contribution is -0.183. The maximum absolute atomic E-state index is 6.06. The minimum Gasteiger partial charge on any atom is -0.346 e. The zero-order valence-electron chi connectivity index (χ0n) is 20.9. The molecule has 184 valence electrons. The molecular formula is C33H29O2S2+. The quantitative estimate of drug-likeness (QED) is 0.143. The smallest absolute Gasteiger partial charge is 0.221 e. The second kappa shape index (κ2) is 11.8. The van der Waals surface area contributed by atoms with Gasteiger partial charge in [0.05, 0.1) is 10.9 Å². The summed E-state index contributed by atoms with van der Waals surface area (Å²) in [7, 11) is 3.19. The van der Waals surface area contributed by atoms with Crippen LogP contribution in [0.2, 0.25) is 0 Å². The molecule has 0 unspecified atom stereocenters. The highest BCUT2D eigenvalue weighted by atomic mass is 32.2. The van der Waals surface area contributed by atoms with Crippen LogP contribution in [-0.4, -0.2) is 14.2 Å². The van der Waals surface area contributed by atoms with Crippen LogP contribution >= 0.6 is 11.8 Å². The fraction of sp³-hybridized carbons (Fsp3) is 0.0909. The van der Waals surface area contributed by atoms with E-state index < -0.39 is 5.79 Å². The van der Waals surface area contributed by atoms with E-state index in [0.29, 0.717) is 0 Å². The van der Waals surface area contributed by atoms with Gasteiger partial charge in [0.15, 0.2) is 14.7 Å². The number of ether oxygens (including phenoxy) is 2. The first kappa shape index (κ1) is 25.4. The highest BCUT2D eigenvalue weighted by Crippen LogP contribution is 2.38. The van der Waals surface area contributed by atoms with E-state index in [1.54, 1.807) is 26.0 Å². The highest BCUT2D eigenvalue weighted by molar-refractivity contribution is 7.99. The van der Waals surface area contributed by atoms with E-state index in [0.717, 1.165) is 11.1 Å². The van der Waals surface area contributed by atoms with E-state index in [1.807, 2.05) is 6.07 Å². The number of methoxy groups -OCH3 is 2. The van der Waals surface area contributed by atoms with Crippen molar-refractivity contribution < 1.29 is 9.47 Å². The second-order valence-electron chi connectivity index (χ2n) is 8.42. The van der Waals surface area contributed by atoms with Gasteiger partial charge < -0.3 is 9.47 Å². The standard InChI is InChI=1S/C33H29O2S2/c1-34-33(35-2,26-18-22-29(23-19-26)36-28-12-6-3-7-13-28)27-20-24-32(25-21-27)37(30-14-8-4-9-15-30)31-16-10-5-11-17-31/h3-25H,1-2H3/q+1. The molecule has 0 heterocycles. The largest absolute Gasteiger partial charge is 0.346 e. The maximum atomic E-state index is 6.06. The first-order valence-electron chi connectivity index (χ1n) is 12.1. The van der Waals surface area contributed by atoms with Crippen molar-refractivity contribution in [3.05, 3.63) is 151 Å². The molecule has 0 atom stereocenters. The van der Waals surface area contributed by atoms with Crippen LogP contribution in [0, 0.1) is 0 Å². The van der Waals surface area contributed by atoms with Gasteiger partial charge in [-0.2, -0.15) is 0 Å². The SMILES string of the molecule is COC(OC)(c1ccc(Sc2ccccc2)cc1)c1ccc([S+](c2ccccc2)c2ccccc2)cc1. The van der Waals surface area contributed by atoms with Crippen LogP contribution in [0.4, 0.5) is 0 Å². The second-order valence-corrected chi connectivity index (χ2v) is 11.6. The molecule has 5 aromatic carbocycles. The topological polar surface area (TPSA) is 18.5 Å². The van der Waals surface area contributed by atoms with Crippen molar-refractivity contribution in [2.45, 2.75) is 30.3 Å². The molecule has 0 spiro atoms. The third-order valence-electron chi connectivity index (χ3n) is 6.22. The molecule has 0 aliphatic rings. The Balaban J connectivity index is 1.46. The molecule has 0 bridgehead atoms. The fourth-order valence-electron chi connectivity index (χ4n) is 4.42. The lowest BCUT2D eigenvalue weighted by Gasteiger charge is -2.32. The lowest BCUT2D eigenvalue weighted by Crippen LogP contribution is -2.32. The first-order valence-corrected chi connectivity index (χ1v) is 14.2. The van der Waals surface area contributed by atoms with Gasteiger partial charge in [-0.3, -0.25) is 0 Å². The van der Waals surface area contributed by atoms with E-state index >= 15 is 0 Å². The Bertz CT molecular complexity index is 1340. The zero-order valence-corrected chi connectivity index (χ0v) is 22.5. The monoisotopic (exact) mass is 521 g/mol. The summed E-state index contributed by atoms with van der Waals surface area (Å²) in [6.07, 6.45) is 0. The molecule has 4 heteroatoms. The summed E-state index contributed by atoms with van der Waals surface area (Å²) in [5.74, 6) is -0.993. The summed E-state index contributed by atoms with van der Waals surface area (Å²) in [6, 6.07) is 48.8. The minimum absolute atomic E-state index is 0.205. The molecule has 5 aromatic rings. The van der Waals surface area contributed by atoms with Crippen molar-refractivity contribution in [1.82, 2.24) is 0 Å². The molecule has 0 amide bonds. The van der Waals surface area contributed by atoms with E-state index in [2.05, 4.69) is 133 Å². The number of rotatable bonds is 9. The van der Waals surface area contributed by atoms with Crippen molar-refractivity contribution in [1.29, 1.82) is 0 Å². The number of hydrogen-bond donors (Lipinski definition) is 0. The molecule has 0 aromatic heterocycles. The lowest BCUT2D eigenvalue weighted by atomic mass is 9.97. The Labute approximate surface area is 226 Å². The molecule has 0 saturated heterocycles. The predicted octanol–water partition coefficient (Wildman–Crippen LogP) is 8.43. The van der Waals surface area contributed by atoms with Gasteiger partial charge in [0.25, 0.3) is 0 Å². The Morgan fingerprint density at radius 2 is 0.838 bits per heavy atom. The minimum atomic E-state index is -0.993. The zero-order chi connectivity index (χ0) is 25.5. The van der Waals surface area contributed by atoms with Gasteiger partial charge in [-0.1, -0.05) is 78.5 Å². The Hall–Kier alpha value is -3.28. The van der Waals surface area contributed by atoms with Crippen LogP contribution < -0.4 is 0 Å². The summed E-state index contributed by atoms with van der Waals surface area (Å²) in [4.78, 5) is 6.20.